The van der Waals surface area contributed by atoms with Crippen molar-refractivity contribution in [1.82, 2.24) is 24.6 Å². The number of anilines is 1. The SMILES string of the molecule is CSc1nccc(N2CCN(Cc3nn(C)c4c3CCC4)CC2)n1. The number of hydrogen-bond acceptors (Lipinski definition) is 6. The molecule has 0 amide bonds. The van der Waals surface area contributed by atoms with Gasteiger partial charge < -0.3 is 4.90 Å². The highest BCUT2D eigenvalue weighted by atomic mass is 32.2. The molecule has 0 atom stereocenters. The van der Waals surface area contributed by atoms with Crippen molar-refractivity contribution in [3.8, 4) is 0 Å². The molecule has 0 saturated carbocycles. The largest absolute Gasteiger partial charge is 0.354 e. The zero-order valence-corrected chi connectivity index (χ0v) is 15.2. The second-order valence-corrected chi connectivity index (χ2v) is 7.29. The van der Waals surface area contributed by atoms with E-state index < -0.39 is 0 Å². The second-order valence-electron chi connectivity index (χ2n) is 6.51. The standard InChI is InChI=1S/C17H24N6S/c1-21-15-5-3-4-13(15)14(20-21)12-22-8-10-23(11-9-22)16-6-7-18-17(19-16)24-2/h6-7H,3-5,8-12H2,1-2H3. The van der Waals surface area contributed by atoms with Crippen LogP contribution in [0, 0.1) is 0 Å². The van der Waals surface area contributed by atoms with Crippen molar-refractivity contribution in [2.75, 3.05) is 37.3 Å². The van der Waals surface area contributed by atoms with Gasteiger partial charge in [0.25, 0.3) is 0 Å². The molecule has 0 spiro atoms. The summed E-state index contributed by atoms with van der Waals surface area (Å²) in [5.74, 6) is 1.05. The van der Waals surface area contributed by atoms with Gasteiger partial charge in [-0.1, -0.05) is 11.8 Å². The Morgan fingerprint density at radius 1 is 1.17 bits per heavy atom. The highest BCUT2D eigenvalue weighted by Crippen LogP contribution is 2.26. The third kappa shape index (κ3) is 3.02. The number of piperazine rings is 1. The highest BCUT2D eigenvalue weighted by Gasteiger charge is 2.24. The van der Waals surface area contributed by atoms with Crippen LogP contribution in [-0.4, -0.2) is 57.1 Å². The van der Waals surface area contributed by atoms with Gasteiger partial charge in [0.15, 0.2) is 5.16 Å². The van der Waals surface area contributed by atoms with Crippen LogP contribution < -0.4 is 4.90 Å². The maximum atomic E-state index is 4.76. The fourth-order valence-electron chi connectivity index (χ4n) is 3.78. The van der Waals surface area contributed by atoms with Crippen molar-refractivity contribution in [1.29, 1.82) is 0 Å². The van der Waals surface area contributed by atoms with Gasteiger partial charge in [0, 0.05) is 51.7 Å². The summed E-state index contributed by atoms with van der Waals surface area (Å²) in [6.45, 7) is 5.13. The fourth-order valence-corrected chi connectivity index (χ4v) is 4.13. The first-order valence-electron chi connectivity index (χ1n) is 8.62. The molecule has 3 heterocycles. The number of nitrogens with zero attached hydrogens (tertiary/aromatic N) is 6. The minimum atomic E-state index is 0.846. The average Bonchev–Trinajstić information content (AvgIpc) is 3.21. The Bertz CT molecular complexity index is 720. The third-order valence-corrected chi connectivity index (χ3v) is 5.63. The zero-order valence-electron chi connectivity index (χ0n) is 14.4. The van der Waals surface area contributed by atoms with Crippen LogP contribution >= 0.6 is 11.8 Å². The summed E-state index contributed by atoms with van der Waals surface area (Å²) in [5, 5.41) is 5.61. The lowest BCUT2D eigenvalue weighted by molar-refractivity contribution is 0.245. The number of hydrogen-bond donors (Lipinski definition) is 0. The number of rotatable bonds is 4. The molecule has 0 bridgehead atoms. The topological polar surface area (TPSA) is 50.1 Å². The molecule has 1 aliphatic heterocycles. The summed E-state index contributed by atoms with van der Waals surface area (Å²) < 4.78 is 2.10. The molecule has 128 valence electrons. The lowest BCUT2D eigenvalue weighted by Crippen LogP contribution is -2.46. The van der Waals surface area contributed by atoms with Gasteiger partial charge in [0.05, 0.1) is 5.69 Å². The van der Waals surface area contributed by atoms with E-state index in [4.69, 9.17) is 5.10 Å². The predicted octanol–water partition coefficient (Wildman–Crippen LogP) is 1.74. The van der Waals surface area contributed by atoms with E-state index >= 15 is 0 Å². The number of fused-ring (bicyclic) bond motifs is 1. The summed E-state index contributed by atoms with van der Waals surface area (Å²) in [7, 11) is 2.09. The quantitative estimate of drug-likeness (QED) is 0.622. The molecule has 2 aromatic rings. The van der Waals surface area contributed by atoms with E-state index in [-0.39, 0.29) is 0 Å². The van der Waals surface area contributed by atoms with Gasteiger partial charge in [-0.3, -0.25) is 9.58 Å². The van der Waals surface area contributed by atoms with Gasteiger partial charge in [-0.25, -0.2) is 9.97 Å². The van der Waals surface area contributed by atoms with E-state index in [9.17, 15) is 0 Å². The van der Waals surface area contributed by atoms with Crippen LogP contribution in [-0.2, 0) is 26.4 Å². The molecule has 1 fully saturated rings. The maximum absolute atomic E-state index is 4.76. The summed E-state index contributed by atoms with van der Waals surface area (Å²) in [5.41, 5.74) is 4.26. The monoisotopic (exact) mass is 344 g/mol. The molecule has 0 aromatic carbocycles. The van der Waals surface area contributed by atoms with Crippen LogP contribution in [0.4, 0.5) is 5.82 Å². The van der Waals surface area contributed by atoms with Crippen molar-refractivity contribution in [2.45, 2.75) is 31.0 Å². The van der Waals surface area contributed by atoms with E-state index in [0.717, 1.165) is 43.7 Å². The second kappa shape index (κ2) is 6.72. The van der Waals surface area contributed by atoms with Crippen molar-refractivity contribution in [3.05, 3.63) is 29.2 Å². The molecule has 0 radical (unpaired) electrons. The van der Waals surface area contributed by atoms with E-state index in [0.29, 0.717) is 0 Å². The molecule has 0 N–H and O–H groups in total. The Morgan fingerprint density at radius 2 is 2.00 bits per heavy atom. The van der Waals surface area contributed by atoms with Crippen molar-refractivity contribution < 1.29 is 0 Å². The highest BCUT2D eigenvalue weighted by molar-refractivity contribution is 7.98. The summed E-state index contributed by atoms with van der Waals surface area (Å²) in [6.07, 6.45) is 7.56. The minimum Gasteiger partial charge on any atom is -0.354 e. The van der Waals surface area contributed by atoms with Gasteiger partial charge in [-0.05, 0) is 37.1 Å². The van der Waals surface area contributed by atoms with E-state index in [2.05, 4.69) is 31.5 Å². The molecule has 0 unspecified atom stereocenters. The fraction of sp³-hybridized carbons (Fsp3) is 0.588. The Labute approximate surface area is 147 Å². The van der Waals surface area contributed by atoms with Crippen molar-refractivity contribution in [2.24, 2.45) is 7.05 Å². The smallest absolute Gasteiger partial charge is 0.189 e. The Kier molecular flexibility index (Phi) is 4.45. The molecule has 4 rings (SSSR count). The van der Waals surface area contributed by atoms with Crippen LogP contribution in [0.5, 0.6) is 0 Å². The van der Waals surface area contributed by atoms with Gasteiger partial charge in [-0.2, -0.15) is 5.10 Å². The first-order chi connectivity index (χ1) is 11.7. The normalized spacial score (nSPS) is 18.2. The van der Waals surface area contributed by atoms with Crippen LogP contribution in [0.1, 0.15) is 23.4 Å². The lowest BCUT2D eigenvalue weighted by atomic mass is 10.2. The number of aromatic nitrogens is 4. The molecule has 2 aromatic heterocycles. The Balaban J connectivity index is 1.39. The molecule has 2 aliphatic rings. The van der Waals surface area contributed by atoms with Crippen molar-refractivity contribution >= 4 is 17.6 Å². The van der Waals surface area contributed by atoms with Crippen molar-refractivity contribution in [3.63, 3.8) is 0 Å². The maximum Gasteiger partial charge on any atom is 0.189 e. The Morgan fingerprint density at radius 3 is 2.79 bits per heavy atom. The lowest BCUT2D eigenvalue weighted by Gasteiger charge is -2.35. The molecule has 1 aliphatic carbocycles. The van der Waals surface area contributed by atoms with Gasteiger partial charge in [-0.15, -0.1) is 0 Å². The van der Waals surface area contributed by atoms with Gasteiger partial charge in [0.1, 0.15) is 5.82 Å². The molecular formula is C17H24N6S. The minimum absolute atomic E-state index is 0.846. The van der Waals surface area contributed by atoms with Crippen LogP contribution in [0.15, 0.2) is 17.4 Å². The summed E-state index contributed by atoms with van der Waals surface area (Å²) >= 11 is 1.59. The number of thioether (sulfide) groups is 1. The van der Waals surface area contributed by atoms with Gasteiger partial charge >= 0.3 is 0 Å². The molecule has 6 nitrogen and oxygen atoms in total. The summed E-state index contributed by atoms with van der Waals surface area (Å²) in [6, 6.07) is 2.01. The predicted molar refractivity (Wildman–Crippen MR) is 96.5 cm³/mol. The summed E-state index contributed by atoms with van der Waals surface area (Å²) in [4.78, 5) is 13.8. The van der Waals surface area contributed by atoms with E-state index in [1.54, 1.807) is 11.8 Å². The van der Waals surface area contributed by atoms with Crippen LogP contribution in [0.3, 0.4) is 0 Å². The van der Waals surface area contributed by atoms with Crippen LogP contribution in [0.2, 0.25) is 0 Å². The molecule has 24 heavy (non-hydrogen) atoms. The first kappa shape index (κ1) is 15.9. The van der Waals surface area contributed by atoms with E-state index in [1.807, 2.05) is 18.5 Å². The van der Waals surface area contributed by atoms with E-state index in [1.165, 1.54) is 36.2 Å². The average molecular weight is 344 g/mol. The molecule has 1 saturated heterocycles. The van der Waals surface area contributed by atoms with Crippen LogP contribution in [0.25, 0.3) is 0 Å². The zero-order chi connectivity index (χ0) is 16.5. The third-order valence-electron chi connectivity index (χ3n) is 5.07. The Hall–Kier alpha value is -1.60. The molecule has 7 heteroatoms. The van der Waals surface area contributed by atoms with Gasteiger partial charge in [0.2, 0.25) is 0 Å². The number of aryl methyl sites for hydroxylation is 1. The molecular weight excluding hydrogens is 320 g/mol. The first-order valence-corrected chi connectivity index (χ1v) is 9.85.